The van der Waals surface area contributed by atoms with E-state index < -0.39 is 0 Å². The average Bonchev–Trinajstić information content (AvgIpc) is 2.73. The van der Waals surface area contributed by atoms with Gasteiger partial charge in [-0.1, -0.05) is 55.5 Å². The summed E-state index contributed by atoms with van der Waals surface area (Å²) < 4.78 is 0. The van der Waals surface area contributed by atoms with Gasteiger partial charge in [0.2, 0.25) is 5.91 Å². The van der Waals surface area contributed by atoms with Gasteiger partial charge in [0.15, 0.2) is 0 Å². The van der Waals surface area contributed by atoms with Crippen molar-refractivity contribution in [2.75, 3.05) is 13.1 Å². The molecule has 2 heteroatoms. The average molecular weight is 241 g/mol. The van der Waals surface area contributed by atoms with Crippen molar-refractivity contribution >= 4 is 12.0 Å². The van der Waals surface area contributed by atoms with Gasteiger partial charge in [-0.25, -0.2) is 0 Å². The molecule has 0 spiro atoms. The number of likely N-dealkylation sites (tertiary alicyclic amines) is 1. The normalized spacial score (nSPS) is 18.2. The Bertz CT molecular complexity index is 459. The molecule has 1 saturated heterocycles. The quantitative estimate of drug-likeness (QED) is 0.741. The second-order valence-electron chi connectivity index (χ2n) is 4.50. The Hall–Kier alpha value is -1.83. The van der Waals surface area contributed by atoms with Crippen LogP contribution in [-0.2, 0) is 4.79 Å². The summed E-state index contributed by atoms with van der Waals surface area (Å²) in [4.78, 5) is 13.9. The van der Waals surface area contributed by atoms with Gasteiger partial charge in [0, 0.05) is 18.7 Å². The van der Waals surface area contributed by atoms with Crippen LogP contribution < -0.4 is 0 Å². The summed E-state index contributed by atoms with van der Waals surface area (Å²) in [6, 6.07) is 10.1. The number of hydrogen-bond donors (Lipinski definition) is 0. The molecule has 18 heavy (non-hydrogen) atoms. The maximum Gasteiger partial charge on any atom is 0.249 e. The van der Waals surface area contributed by atoms with Crippen LogP contribution in [0.15, 0.2) is 48.1 Å². The molecule has 1 aromatic rings. The molecule has 94 valence electrons. The number of carbonyl (C=O) groups is 1. The summed E-state index contributed by atoms with van der Waals surface area (Å²) in [7, 11) is 0. The minimum atomic E-state index is 0.203. The lowest BCUT2D eigenvalue weighted by Crippen LogP contribution is -2.25. The number of amides is 1. The van der Waals surface area contributed by atoms with E-state index in [0.717, 1.165) is 37.1 Å². The number of rotatable bonds is 4. The van der Waals surface area contributed by atoms with Crippen LogP contribution >= 0.6 is 0 Å². The van der Waals surface area contributed by atoms with E-state index in [4.69, 9.17) is 0 Å². The van der Waals surface area contributed by atoms with Crippen molar-refractivity contribution in [3.05, 3.63) is 53.6 Å². The molecule has 0 N–H and O–H groups in total. The zero-order valence-corrected chi connectivity index (χ0v) is 10.8. The van der Waals surface area contributed by atoms with E-state index in [0.29, 0.717) is 0 Å². The molecule has 1 aliphatic rings. The van der Waals surface area contributed by atoms with Crippen molar-refractivity contribution in [2.24, 2.45) is 0 Å². The van der Waals surface area contributed by atoms with E-state index in [1.807, 2.05) is 41.3 Å². The van der Waals surface area contributed by atoms with Crippen molar-refractivity contribution in [1.82, 2.24) is 4.90 Å². The first-order chi connectivity index (χ1) is 8.81. The Morgan fingerprint density at radius 1 is 1.28 bits per heavy atom. The highest BCUT2D eigenvalue weighted by Crippen LogP contribution is 2.17. The van der Waals surface area contributed by atoms with Crippen LogP contribution in [0.25, 0.3) is 6.08 Å². The SMILES string of the molecule is CCCN1CC/C(=C\C=C\c2ccccc2)C1=O. The van der Waals surface area contributed by atoms with Gasteiger partial charge in [0.05, 0.1) is 0 Å². The first-order valence-corrected chi connectivity index (χ1v) is 6.53. The van der Waals surface area contributed by atoms with Crippen molar-refractivity contribution in [3.63, 3.8) is 0 Å². The molecule has 2 rings (SSSR count). The summed E-state index contributed by atoms with van der Waals surface area (Å²) in [6.07, 6.45) is 7.85. The molecule has 0 aliphatic carbocycles. The van der Waals surface area contributed by atoms with Gasteiger partial charge < -0.3 is 4.90 Å². The first-order valence-electron chi connectivity index (χ1n) is 6.53. The van der Waals surface area contributed by atoms with Crippen LogP contribution in [0.1, 0.15) is 25.3 Å². The topological polar surface area (TPSA) is 20.3 Å². The van der Waals surface area contributed by atoms with Gasteiger partial charge in [-0.15, -0.1) is 0 Å². The van der Waals surface area contributed by atoms with Gasteiger partial charge in [-0.3, -0.25) is 4.79 Å². The molecule has 1 aromatic carbocycles. The second kappa shape index (κ2) is 6.20. The van der Waals surface area contributed by atoms with Crippen molar-refractivity contribution < 1.29 is 4.79 Å². The van der Waals surface area contributed by atoms with Crippen LogP contribution in [0.2, 0.25) is 0 Å². The van der Waals surface area contributed by atoms with Crippen LogP contribution in [0.5, 0.6) is 0 Å². The zero-order valence-electron chi connectivity index (χ0n) is 10.8. The number of carbonyl (C=O) groups excluding carboxylic acids is 1. The highest BCUT2D eigenvalue weighted by atomic mass is 16.2. The fourth-order valence-electron chi connectivity index (χ4n) is 2.14. The lowest BCUT2D eigenvalue weighted by atomic mass is 10.1. The van der Waals surface area contributed by atoms with Gasteiger partial charge in [0.25, 0.3) is 0 Å². The largest absolute Gasteiger partial charge is 0.339 e. The van der Waals surface area contributed by atoms with E-state index in [1.54, 1.807) is 0 Å². The number of nitrogens with zero attached hydrogens (tertiary/aromatic N) is 1. The fraction of sp³-hybridized carbons (Fsp3) is 0.312. The third-order valence-electron chi connectivity index (χ3n) is 3.09. The molecule has 0 atom stereocenters. The summed E-state index contributed by atoms with van der Waals surface area (Å²) >= 11 is 0. The molecule has 0 aromatic heterocycles. The third-order valence-corrected chi connectivity index (χ3v) is 3.09. The molecule has 0 saturated carbocycles. The Labute approximate surface area is 109 Å². The highest BCUT2D eigenvalue weighted by Gasteiger charge is 2.23. The van der Waals surface area contributed by atoms with Crippen LogP contribution in [-0.4, -0.2) is 23.9 Å². The van der Waals surface area contributed by atoms with Gasteiger partial charge in [-0.2, -0.15) is 0 Å². The second-order valence-corrected chi connectivity index (χ2v) is 4.50. The highest BCUT2D eigenvalue weighted by molar-refractivity contribution is 5.96. The first kappa shape index (κ1) is 12.6. The summed E-state index contributed by atoms with van der Waals surface area (Å²) in [5.41, 5.74) is 2.08. The van der Waals surface area contributed by atoms with Crippen LogP contribution in [0.4, 0.5) is 0 Å². The molecule has 2 nitrogen and oxygen atoms in total. The molecule has 0 unspecified atom stereocenters. The summed E-state index contributed by atoms with van der Waals surface area (Å²) in [6.45, 7) is 3.85. The van der Waals surface area contributed by atoms with E-state index >= 15 is 0 Å². The maximum absolute atomic E-state index is 12.0. The predicted molar refractivity (Wildman–Crippen MR) is 75.0 cm³/mol. The molecule has 1 heterocycles. The number of hydrogen-bond acceptors (Lipinski definition) is 1. The molecule has 1 amide bonds. The van der Waals surface area contributed by atoms with Crippen molar-refractivity contribution in [1.29, 1.82) is 0 Å². The summed E-state index contributed by atoms with van der Waals surface area (Å²) in [5, 5.41) is 0. The van der Waals surface area contributed by atoms with Crippen LogP contribution in [0, 0.1) is 0 Å². The van der Waals surface area contributed by atoms with Crippen LogP contribution in [0.3, 0.4) is 0 Å². The van der Waals surface area contributed by atoms with E-state index in [-0.39, 0.29) is 5.91 Å². The smallest absolute Gasteiger partial charge is 0.249 e. The molecule has 0 bridgehead atoms. The summed E-state index contributed by atoms with van der Waals surface area (Å²) in [5.74, 6) is 0.203. The molecular formula is C16H19NO. The minimum absolute atomic E-state index is 0.203. The lowest BCUT2D eigenvalue weighted by Gasteiger charge is -2.12. The zero-order chi connectivity index (χ0) is 12.8. The monoisotopic (exact) mass is 241 g/mol. The molecule has 1 fully saturated rings. The Morgan fingerprint density at radius 3 is 2.78 bits per heavy atom. The predicted octanol–water partition coefficient (Wildman–Crippen LogP) is 3.27. The maximum atomic E-state index is 12.0. The third kappa shape index (κ3) is 3.10. The number of allylic oxidation sites excluding steroid dienone is 2. The Balaban J connectivity index is 1.99. The molecule has 0 radical (unpaired) electrons. The van der Waals surface area contributed by atoms with Gasteiger partial charge in [0.1, 0.15) is 0 Å². The molecular weight excluding hydrogens is 222 g/mol. The fourth-order valence-corrected chi connectivity index (χ4v) is 2.14. The number of benzene rings is 1. The van der Waals surface area contributed by atoms with E-state index in [9.17, 15) is 4.79 Å². The molecule has 1 aliphatic heterocycles. The Morgan fingerprint density at radius 2 is 2.06 bits per heavy atom. The minimum Gasteiger partial charge on any atom is -0.339 e. The lowest BCUT2D eigenvalue weighted by molar-refractivity contribution is -0.124. The van der Waals surface area contributed by atoms with E-state index in [1.165, 1.54) is 0 Å². The van der Waals surface area contributed by atoms with Crippen molar-refractivity contribution in [3.8, 4) is 0 Å². The Kier molecular flexibility index (Phi) is 4.35. The van der Waals surface area contributed by atoms with Gasteiger partial charge >= 0.3 is 0 Å². The standard InChI is InChI=1S/C16H19NO/c1-2-12-17-13-11-15(16(17)18)10-6-9-14-7-4-3-5-8-14/h3-10H,2,11-13H2,1H3/b9-6+,15-10+. The van der Waals surface area contributed by atoms with Crippen molar-refractivity contribution in [2.45, 2.75) is 19.8 Å². The van der Waals surface area contributed by atoms with E-state index in [2.05, 4.69) is 19.1 Å². The van der Waals surface area contributed by atoms with Gasteiger partial charge in [-0.05, 0) is 18.4 Å².